The largest absolute Gasteiger partial charge is 0.450 e. The van der Waals surface area contributed by atoms with Gasteiger partial charge in [0.2, 0.25) is 0 Å². The zero-order valence-corrected chi connectivity index (χ0v) is 9.32. The van der Waals surface area contributed by atoms with E-state index in [0.29, 0.717) is 13.2 Å². The first-order chi connectivity index (χ1) is 7.27. The van der Waals surface area contributed by atoms with Crippen LogP contribution in [0.4, 0.5) is 4.79 Å². The zero-order chi connectivity index (χ0) is 11.1. The third kappa shape index (κ3) is 4.05. The Morgan fingerprint density at radius 3 is 3.07 bits per heavy atom. The van der Waals surface area contributed by atoms with E-state index in [-0.39, 0.29) is 18.4 Å². The molecule has 15 heavy (non-hydrogen) atoms. The number of methoxy groups -OCH3 is 1. The lowest BCUT2D eigenvalue weighted by Crippen LogP contribution is -2.41. The number of rotatable bonds is 5. The van der Waals surface area contributed by atoms with Gasteiger partial charge in [0.15, 0.2) is 6.29 Å². The molecule has 5 nitrogen and oxygen atoms in total. The Bertz CT molecular complexity index is 198. The topological polar surface area (TPSA) is 56.8 Å². The van der Waals surface area contributed by atoms with Gasteiger partial charge >= 0.3 is 6.09 Å². The van der Waals surface area contributed by atoms with Crippen molar-refractivity contribution in [2.75, 3.05) is 20.3 Å². The summed E-state index contributed by atoms with van der Waals surface area (Å²) in [6.07, 6.45) is 1.94. The van der Waals surface area contributed by atoms with E-state index in [4.69, 9.17) is 14.2 Å². The van der Waals surface area contributed by atoms with Gasteiger partial charge in [0.05, 0.1) is 19.3 Å². The van der Waals surface area contributed by atoms with Gasteiger partial charge in [-0.15, -0.1) is 0 Å². The van der Waals surface area contributed by atoms with Crippen LogP contribution in [0.15, 0.2) is 0 Å². The van der Waals surface area contributed by atoms with E-state index in [0.717, 1.165) is 19.3 Å². The monoisotopic (exact) mass is 217 g/mol. The second kappa shape index (κ2) is 6.63. The maximum atomic E-state index is 11.3. The molecule has 1 fully saturated rings. The summed E-state index contributed by atoms with van der Waals surface area (Å²) in [4.78, 5) is 11.3. The fraction of sp³-hybridized carbons (Fsp3) is 0.900. The molecule has 0 aliphatic carbocycles. The second-order valence-electron chi connectivity index (χ2n) is 3.50. The number of nitrogens with one attached hydrogen (secondary N) is 1. The SMILES string of the molecule is CCCCOC(=O)N[C@@H]1CCOC1OC. The van der Waals surface area contributed by atoms with Crippen LogP contribution in [-0.4, -0.2) is 38.7 Å². The van der Waals surface area contributed by atoms with Crippen LogP contribution < -0.4 is 5.32 Å². The van der Waals surface area contributed by atoms with Gasteiger partial charge in [-0.1, -0.05) is 13.3 Å². The number of unbranched alkanes of at least 4 members (excludes halogenated alkanes) is 1. The molecule has 1 saturated heterocycles. The molecule has 1 amide bonds. The molecule has 0 spiro atoms. The minimum atomic E-state index is -0.388. The highest BCUT2D eigenvalue weighted by molar-refractivity contribution is 5.67. The van der Waals surface area contributed by atoms with Crippen molar-refractivity contribution in [3.05, 3.63) is 0 Å². The van der Waals surface area contributed by atoms with Crippen molar-refractivity contribution in [2.45, 2.75) is 38.5 Å². The number of carbonyl (C=O) groups is 1. The molecule has 0 radical (unpaired) electrons. The fourth-order valence-electron chi connectivity index (χ4n) is 1.44. The van der Waals surface area contributed by atoms with Crippen LogP contribution >= 0.6 is 0 Å². The van der Waals surface area contributed by atoms with E-state index >= 15 is 0 Å². The zero-order valence-electron chi connectivity index (χ0n) is 9.32. The average Bonchev–Trinajstić information content (AvgIpc) is 2.65. The van der Waals surface area contributed by atoms with Crippen molar-refractivity contribution in [1.82, 2.24) is 5.32 Å². The molecule has 1 heterocycles. The molecule has 1 aliphatic rings. The van der Waals surface area contributed by atoms with Gasteiger partial charge in [-0.25, -0.2) is 4.79 Å². The molecule has 1 unspecified atom stereocenters. The van der Waals surface area contributed by atoms with Crippen LogP contribution in [0.25, 0.3) is 0 Å². The fourth-order valence-corrected chi connectivity index (χ4v) is 1.44. The van der Waals surface area contributed by atoms with Gasteiger partial charge in [0.1, 0.15) is 0 Å². The number of hydrogen-bond donors (Lipinski definition) is 1. The third-order valence-corrected chi connectivity index (χ3v) is 2.31. The summed E-state index contributed by atoms with van der Waals surface area (Å²) in [5, 5.41) is 2.73. The molecule has 1 rings (SSSR count). The Labute approximate surface area is 90.1 Å². The van der Waals surface area contributed by atoms with Crippen molar-refractivity contribution >= 4 is 6.09 Å². The molecule has 0 bridgehead atoms. The standard InChI is InChI=1S/C10H19NO4/c1-3-4-6-15-10(12)11-8-5-7-14-9(8)13-2/h8-9H,3-7H2,1-2H3,(H,11,12)/t8-,9?/m1/s1. The number of hydrogen-bond acceptors (Lipinski definition) is 4. The van der Waals surface area contributed by atoms with Crippen molar-refractivity contribution in [1.29, 1.82) is 0 Å². The number of ether oxygens (including phenoxy) is 3. The number of carbonyl (C=O) groups excluding carboxylic acids is 1. The lowest BCUT2D eigenvalue weighted by atomic mass is 10.2. The van der Waals surface area contributed by atoms with Crippen LogP contribution in [0.5, 0.6) is 0 Å². The lowest BCUT2D eigenvalue weighted by Gasteiger charge is -2.17. The Hall–Kier alpha value is -0.810. The summed E-state index contributed by atoms with van der Waals surface area (Å²) in [5.74, 6) is 0. The Morgan fingerprint density at radius 2 is 2.40 bits per heavy atom. The van der Waals surface area contributed by atoms with E-state index in [1.165, 1.54) is 0 Å². The first-order valence-corrected chi connectivity index (χ1v) is 5.35. The summed E-state index contributed by atoms with van der Waals surface area (Å²) < 4.78 is 15.3. The summed E-state index contributed by atoms with van der Waals surface area (Å²) in [7, 11) is 1.56. The van der Waals surface area contributed by atoms with E-state index in [9.17, 15) is 4.79 Å². The first kappa shape index (κ1) is 12.3. The molecule has 2 atom stereocenters. The highest BCUT2D eigenvalue weighted by Crippen LogP contribution is 2.13. The number of amides is 1. The predicted octanol–water partition coefficient (Wildman–Crippen LogP) is 1.27. The minimum Gasteiger partial charge on any atom is -0.450 e. The minimum absolute atomic E-state index is 0.0934. The Balaban J connectivity index is 2.19. The lowest BCUT2D eigenvalue weighted by molar-refractivity contribution is -0.0989. The van der Waals surface area contributed by atoms with E-state index < -0.39 is 0 Å². The molecule has 88 valence electrons. The normalized spacial score (nSPS) is 25.2. The number of alkyl carbamates (subject to hydrolysis) is 1. The molecule has 1 N–H and O–H groups in total. The molecule has 0 aromatic carbocycles. The van der Waals surface area contributed by atoms with Crippen LogP contribution in [-0.2, 0) is 14.2 Å². The molecule has 0 aromatic heterocycles. The highest BCUT2D eigenvalue weighted by Gasteiger charge is 2.29. The van der Waals surface area contributed by atoms with Crippen molar-refractivity contribution in [3.8, 4) is 0 Å². The van der Waals surface area contributed by atoms with E-state index in [1.54, 1.807) is 7.11 Å². The smallest absolute Gasteiger partial charge is 0.407 e. The maximum absolute atomic E-state index is 11.3. The van der Waals surface area contributed by atoms with Gasteiger partial charge in [-0.2, -0.15) is 0 Å². The van der Waals surface area contributed by atoms with Gasteiger partial charge in [0, 0.05) is 7.11 Å². The molecule has 0 aromatic rings. The Kier molecular flexibility index (Phi) is 5.42. The first-order valence-electron chi connectivity index (χ1n) is 5.35. The van der Waals surface area contributed by atoms with Crippen LogP contribution in [0.1, 0.15) is 26.2 Å². The van der Waals surface area contributed by atoms with Gasteiger partial charge in [0.25, 0.3) is 0 Å². The van der Waals surface area contributed by atoms with Gasteiger partial charge < -0.3 is 19.5 Å². The van der Waals surface area contributed by atoms with Gasteiger partial charge in [-0.05, 0) is 12.8 Å². The van der Waals surface area contributed by atoms with Crippen LogP contribution in [0.2, 0.25) is 0 Å². The molecule has 5 heteroatoms. The van der Waals surface area contributed by atoms with Crippen molar-refractivity contribution < 1.29 is 19.0 Å². The summed E-state index contributed by atoms with van der Waals surface area (Å²) in [5.41, 5.74) is 0. The summed E-state index contributed by atoms with van der Waals surface area (Å²) >= 11 is 0. The molecule has 0 saturated carbocycles. The van der Waals surface area contributed by atoms with Crippen LogP contribution in [0.3, 0.4) is 0 Å². The van der Waals surface area contributed by atoms with E-state index in [2.05, 4.69) is 5.32 Å². The van der Waals surface area contributed by atoms with Crippen molar-refractivity contribution in [3.63, 3.8) is 0 Å². The average molecular weight is 217 g/mol. The van der Waals surface area contributed by atoms with Gasteiger partial charge in [-0.3, -0.25) is 0 Å². The molecular weight excluding hydrogens is 198 g/mol. The summed E-state index contributed by atoms with van der Waals surface area (Å²) in [6.45, 7) is 3.12. The summed E-state index contributed by atoms with van der Waals surface area (Å²) in [6, 6.07) is -0.0934. The second-order valence-corrected chi connectivity index (χ2v) is 3.50. The molecular formula is C10H19NO4. The van der Waals surface area contributed by atoms with Crippen LogP contribution in [0, 0.1) is 0 Å². The third-order valence-electron chi connectivity index (χ3n) is 2.31. The maximum Gasteiger partial charge on any atom is 0.407 e. The van der Waals surface area contributed by atoms with E-state index in [1.807, 2.05) is 6.92 Å². The Morgan fingerprint density at radius 1 is 1.60 bits per heavy atom. The predicted molar refractivity (Wildman–Crippen MR) is 54.5 cm³/mol. The quantitative estimate of drug-likeness (QED) is 0.705. The molecule has 1 aliphatic heterocycles. The van der Waals surface area contributed by atoms with Crippen molar-refractivity contribution in [2.24, 2.45) is 0 Å². The highest BCUT2D eigenvalue weighted by atomic mass is 16.7.